The molecule has 18 heteroatoms. The van der Waals surface area contributed by atoms with Gasteiger partial charge in [0.25, 0.3) is 0 Å². The van der Waals surface area contributed by atoms with Crippen molar-refractivity contribution in [2.75, 3.05) is 6.61 Å². The first-order valence-corrected chi connectivity index (χ1v) is 12.4. The van der Waals surface area contributed by atoms with Gasteiger partial charge in [0.05, 0.1) is 0 Å². The number of carboxylic acid groups (broad SMARTS) is 1. The lowest BCUT2D eigenvalue weighted by molar-refractivity contribution is -0.354. The maximum Gasteiger partial charge on any atom is 0.336 e. The van der Waals surface area contributed by atoms with Crippen LogP contribution in [0.25, 0.3) is 0 Å². The molecule has 2 rings (SSSR count). The van der Waals surface area contributed by atoms with E-state index in [4.69, 9.17) is 42.6 Å². The Morgan fingerprint density at radius 1 is 0.571 bits per heavy atom. The van der Waals surface area contributed by atoms with Gasteiger partial charge in [-0.1, -0.05) is 0 Å². The number of rotatable bonds is 10. The van der Waals surface area contributed by atoms with Crippen LogP contribution < -0.4 is 0 Å². The number of aliphatic hydroxyl groups excluding tert-OH is 1. The van der Waals surface area contributed by atoms with E-state index in [9.17, 15) is 43.8 Å². The van der Waals surface area contributed by atoms with Crippen LogP contribution >= 0.6 is 0 Å². The van der Waals surface area contributed by atoms with Gasteiger partial charge in [-0.15, -0.1) is 0 Å². The SMILES string of the molecule is CC(=O)OC[C@H]1O[C@H](O[C@@H]2[C@@H](OC(C)=O)[C@@H](O)O[C@H](C(=O)O)[C@H]2OC(C)=O)[C@@H](OC(C)=O)[C@@H](OC(C)=O)[C@@H]1OC(C)=O. The lowest BCUT2D eigenvalue weighted by Gasteiger charge is -2.47. The molecule has 0 radical (unpaired) electrons. The minimum Gasteiger partial charge on any atom is -0.479 e. The van der Waals surface area contributed by atoms with Crippen molar-refractivity contribution in [3.63, 3.8) is 0 Å². The minimum atomic E-state index is -2.14. The molecule has 2 heterocycles. The molecule has 0 unspecified atom stereocenters. The molecule has 0 spiro atoms. The van der Waals surface area contributed by atoms with Crippen molar-refractivity contribution in [2.24, 2.45) is 0 Å². The monoisotopic (exact) mass is 608 g/mol. The fourth-order valence-electron chi connectivity index (χ4n) is 4.27. The quantitative estimate of drug-likeness (QED) is 0.203. The topological polar surface area (TPSA) is 243 Å². The summed E-state index contributed by atoms with van der Waals surface area (Å²) < 4.78 is 47.7. The molecule has 18 nitrogen and oxygen atoms in total. The zero-order chi connectivity index (χ0) is 31.9. The van der Waals surface area contributed by atoms with Crippen LogP contribution in [0.5, 0.6) is 0 Å². The Morgan fingerprint density at radius 3 is 1.50 bits per heavy atom. The van der Waals surface area contributed by atoms with Crippen molar-refractivity contribution in [1.29, 1.82) is 0 Å². The second kappa shape index (κ2) is 14.9. The number of hydrogen-bond donors (Lipinski definition) is 2. The summed E-state index contributed by atoms with van der Waals surface area (Å²) in [6.07, 6.45) is -18.2. The van der Waals surface area contributed by atoms with E-state index in [-0.39, 0.29) is 0 Å². The van der Waals surface area contributed by atoms with Crippen LogP contribution in [0.15, 0.2) is 0 Å². The van der Waals surface area contributed by atoms with E-state index in [1.54, 1.807) is 0 Å². The van der Waals surface area contributed by atoms with E-state index in [0.717, 1.165) is 41.5 Å². The summed E-state index contributed by atoms with van der Waals surface area (Å²) in [5.41, 5.74) is 0. The highest BCUT2D eigenvalue weighted by Gasteiger charge is 2.58. The third kappa shape index (κ3) is 9.33. The van der Waals surface area contributed by atoms with Gasteiger partial charge in [-0.2, -0.15) is 0 Å². The summed E-state index contributed by atoms with van der Waals surface area (Å²) in [5.74, 6) is -7.32. The normalized spacial score (nSPS) is 32.5. The van der Waals surface area contributed by atoms with Crippen molar-refractivity contribution in [1.82, 2.24) is 0 Å². The van der Waals surface area contributed by atoms with Crippen molar-refractivity contribution in [3.05, 3.63) is 0 Å². The number of carbonyl (C=O) groups is 7. The van der Waals surface area contributed by atoms with Gasteiger partial charge < -0.3 is 52.8 Å². The van der Waals surface area contributed by atoms with Gasteiger partial charge in [-0.3, -0.25) is 28.8 Å². The molecule has 0 aromatic carbocycles. The van der Waals surface area contributed by atoms with Crippen molar-refractivity contribution in [2.45, 2.75) is 103 Å². The largest absolute Gasteiger partial charge is 0.479 e. The number of ether oxygens (including phenoxy) is 9. The fourth-order valence-corrected chi connectivity index (χ4v) is 4.27. The molecule has 0 aliphatic carbocycles. The molecule has 2 fully saturated rings. The van der Waals surface area contributed by atoms with Gasteiger partial charge >= 0.3 is 41.8 Å². The highest BCUT2D eigenvalue weighted by molar-refractivity contribution is 5.75. The maximum absolute atomic E-state index is 12.1. The fraction of sp³-hybridized carbons (Fsp3) is 0.708. The molecule has 0 aromatic rings. The summed E-state index contributed by atoms with van der Waals surface area (Å²) in [6, 6.07) is 0. The van der Waals surface area contributed by atoms with Crippen LogP contribution in [0.4, 0.5) is 0 Å². The van der Waals surface area contributed by atoms with Crippen LogP contribution in [0.1, 0.15) is 41.5 Å². The van der Waals surface area contributed by atoms with Crippen molar-refractivity contribution in [3.8, 4) is 0 Å². The van der Waals surface area contributed by atoms with E-state index < -0.39 is 110 Å². The first-order valence-electron chi connectivity index (χ1n) is 12.4. The van der Waals surface area contributed by atoms with Crippen LogP contribution in [0, 0.1) is 0 Å². The molecule has 10 atom stereocenters. The number of aliphatic hydroxyl groups is 1. The maximum atomic E-state index is 12.1. The zero-order valence-corrected chi connectivity index (χ0v) is 23.4. The molecule has 2 aliphatic heterocycles. The Hall–Kier alpha value is -3.87. The summed E-state index contributed by atoms with van der Waals surface area (Å²) in [5, 5.41) is 20.2. The molecule has 42 heavy (non-hydrogen) atoms. The molecule has 2 saturated heterocycles. The first kappa shape index (κ1) is 34.3. The van der Waals surface area contributed by atoms with E-state index in [2.05, 4.69) is 0 Å². The predicted molar refractivity (Wildman–Crippen MR) is 126 cm³/mol. The number of hydrogen-bond acceptors (Lipinski definition) is 17. The van der Waals surface area contributed by atoms with E-state index in [1.807, 2.05) is 0 Å². The molecule has 236 valence electrons. The van der Waals surface area contributed by atoms with Gasteiger partial charge in [-0.05, 0) is 0 Å². The molecular weight excluding hydrogens is 576 g/mol. The van der Waals surface area contributed by atoms with Gasteiger partial charge in [0.1, 0.15) is 18.8 Å². The van der Waals surface area contributed by atoms with Crippen molar-refractivity contribution >= 4 is 41.8 Å². The minimum absolute atomic E-state index is 0.618. The van der Waals surface area contributed by atoms with Crippen LogP contribution in [0.3, 0.4) is 0 Å². The summed E-state index contributed by atoms with van der Waals surface area (Å²) in [7, 11) is 0. The molecule has 0 saturated carbocycles. The first-order chi connectivity index (χ1) is 19.5. The number of aliphatic carboxylic acids is 1. The molecule has 2 N–H and O–H groups in total. The summed E-state index contributed by atoms with van der Waals surface area (Å²) in [4.78, 5) is 83.3. The van der Waals surface area contributed by atoms with Crippen LogP contribution in [-0.2, 0) is 76.2 Å². The third-order valence-corrected chi connectivity index (χ3v) is 5.60. The lowest BCUT2D eigenvalue weighted by Crippen LogP contribution is -2.67. The average Bonchev–Trinajstić information content (AvgIpc) is 2.83. The summed E-state index contributed by atoms with van der Waals surface area (Å²) >= 11 is 0. The lowest BCUT2D eigenvalue weighted by atomic mass is 9.96. The third-order valence-electron chi connectivity index (χ3n) is 5.60. The Kier molecular flexibility index (Phi) is 12.1. The van der Waals surface area contributed by atoms with Gasteiger partial charge in [0, 0.05) is 41.5 Å². The van der Waals surface area contributed by atoms with Gasteiger partial charge in [-0.25, -0.2) is 4.79 Å². The molecule has 0 bridgehead atoms. The van der Waals surface area contributed by atoms with Crippen molar-refractivity contribution < 1.29 is 86.4 Å². The van der Waals surface area contributed by atoms with Crippen LogP contribution in [0.2, 0.25) is 0 Å². The van der Waals surface area contributed by atoms with Crippen LogP contribution in [-0.4, -0.2) is 120 Å². The standard InChI is InChI=1S/C24H32O18/c1-8(25)34-7-14-15(35-9(2)26)16(36-10(3)27)21(39-13(6)30)24(40-14)42-18-17(37-11(4)28)19(22(31)32)41-23(33)20(18)38-12(5)29/h14-21,23-24,33H,7H2,1-6H3,(H,31,32)/t14-,15-,16+,17+,18+,19+,20-,21+,23+,24-/m1/s1. The Labute approximate surface area is 238 Å². The zero-order valence-electron chi connectivity index (χ0n) is 23.4. The number of carboxylic acids is 1. The highest BCUT2D eigenvalue weighted by atomic mass is 16.8. The molecular formula is C24H32O18. The number of esters is 6. The summed E-state index contributed by atoms with van der Waals surface area (Å²) in [6.45, 7) is 5.29. The Morgan fingerprint density at radius 2 is 1.02 bits per heavy atom. The van der Waals surface area contributed by atoms with E-state index in [0.29, 0.717) is 0 Å². The second-order valence-corrected chi connectivity index (χ2v) is 9.10. The predicted octanol–water partition coefficient (Wildman–Crippen LogP) is -1.88. The smallest absolute Gasteiger partial charge is 0.336 e. The van der Waals surface area contributed by atoms with Gasteiger partial charge in [0.15, 0.2) is 49.2 Å². The Bertz CT molecular complexity index is 1060. The van der Waals surface area contributed by atoms with E-state index in [1.165, 1.54) is 0 Å². The molecule has 0 aromatic heterocycles. The highest BCUT2D eigenvalue weighted by Crippen LogP contribution is 2.34. The van der Waals surface area contributed by atoms with E-state index >= 15 is 0 Å². The molecule has 0 amide bonds. The molecule has 2 aliphatic rings. The number of carbonyl (C=O) groups excluding carboxylic acids is 6. The Balaban J connectivity index is 2.67. The van der Waals surface area contributed by atoms with Gasteiger partial charge in [0.2, 0.25) is 0 Å². The average molecular weight is 609 g/mol. The second-order valence-electron chi connectivity index (χ2n) is 9.10.